The fourth-order valence-electron chi connectivity index (χ4n) is 1.76. The summed E-state index contributed by atoms with van der Waals surface area (Å²) in [6.07, 6.45) is 1.38. The third-order valence-electron chi connectivity index (χ3n) is 2.85. The molecule has 6 nitrogen and oxygen atoms in total. The van der Waals surface area contributed by atoms with E-state index in [1.807, 2.05) is 0 Å². The topological polar surface area (TPSA) is 77.0 Å². The first-order valence-corrected chi connectivity index (χ1v) is 8.32. The predicted octanol–water partition coefficient (Wildman–Crippen LogP) is 4.19. The molecule has 122 valence electrons. The highest BCUT2D eigenvalue weighted by Crippen LogP contribution is 2.29. The molecule has 9 heteroatoms. The van der Waals surface area contributed by atoms with Crippen LogP contribution in [0.5, 0.6) is 11.6 Å². The van der Waals surface area contributed by atoms with E-state index in [9.17, 15) is 9.18 Å². The Morgan fingerprint density at radius 2 is 2.12 bits per heavy atom. The highest BCUT2D eigenvalue weighted by molar-refractivity contribution is 9.10. The van der Waals surface area contributed by atoms with Crippen molar-refractivity contribution in [3.63, 3.8) is 0 Å². The van der Waals surface area contributed by atoms with Gasteiger partial charge in [-0.05, 0) is 47.1 Å². The number of nitrogens with zero attached hydrogens (tertiary/aromatic N) is 3. The molecule has 0 aliphatic rings. The SMILES string of the molecule is Cc1nnc(NC(=O)c2ccc(Oc3ccc(F)cc3Br)nc2)s1. The summed E-state index contributed by atoms with van der Waals surface area (Å²) >= 11 is 4.50. The second-order valence-corrected chi connectivity index (χ2v) is 6.68. The number of nitrogens with one attached hydrogen (secondary N) is 1. The van der Waals surface area contributed by atoms with Gasteiger partial charge in [0.05, 0.1) is 10.0 Å². The summed E-state index contributed by atoms with van der Waals surface area (Å²) in [7, 11) is 0. The van der Waals surface area contributed by atoms with Crippen molar-refractivity contribution >= 4 is 38.3 Å². The van der Waals surface area contributed by atoms with Gasteiger partial charge in [-0.25, -0.2) is 9.37 Å². The van der Waals surface area contributed by atoms with Crippen molar-refractivity contribution < 1.29 is 13.9 Å². The minimum Gasteiger partial charge on any atom is -0.438 e. The molecule has 24 heavy (non-hydrogen) atoms. The maximum absolute atomic E-state index is 13.1. The highest BCUT2D eigenvalue weighted by Gasteiger charge is 2.11. The maximum atomic E-state index is 13.1. The molecule has 2 heterocycles. The second-order valence-electron chi connectivity index (χ2n) is 4.64. The normalized spacial score (nSPS) is 10.5. The highest BCUT2D eigenvalue weighted by atomic mass is 79.9. The molecule has 0 bridgehead atoms. The van der Waals surface area contributed by atoms with Crippen LogP contribution in [0.3, 0.4) is 0 Å². The van der Waals surface area contributed by atoms with Crippen LogP contribution in [0, 0.1) is 12.7 Å². The predicted molar refractivity (Wildman–Crippen MR) is 91.0 cm³/mol. The molecule has 0 unspecified atom stereocenters. The van der Waals surface area contributed by atoms with Gasteiger partial charge in [-0.3, -0.25) is 10.1 Å². The zero-order valence-corrected chi connectivity index (χ0v) is 14.7. The number of ether oxygens (including phenoxy) is 1. The summed E-state index contributed by atoms with van der Waals surface area (Å²) in [4.78, 5) is 16.2. The van der Waals surface area contributed by atoms with Crippen LogP contribution in [-0.4, -0.2) is 21.1 Å². The molecule has 0 aliphatic carbocycles. The molecule has 0 aliphatic heterocycles. The lowest BCUT2D eigenvalue weighted by Crippen LogP contribution is -2.12. The summed E-state index contributed by atoms with van der Waals surface area (Å²) in [5.41, 5.74) is 0.355. The molecular weight excluding hydrogens is 399 g/mol. The van der Waals surface area contributed by atoms with E-state index >= 15 is 0 Å². The van der Waals surface area contributed by atoms with Gasteiger partial charge in [0.2, 0.25) is 11.0 Å². The zero-order chi connectivity index (χ0) is 17.1. The molecule has 1 amide bonds. The Bertz CT molecular complexity index is 885. The molecule has 0 saturated carbocycles. The van der Waals surface area contributed by atoms with E-state index in [0.717, 1.165) is 5.01 Å². The Morgan fingerprint density at radius 1 is 1.29 bits per heavy atom. The van der Waals surface area contributed by atoms with E-state index in [0.29, 0.717) is 20.9 Å². The van der Waals surface area contributed by atoms with Gasteiger partial charge in [-0.2, -0.15) is 0 Å². The van der Waals surface area contributed by atoms with Crippen LogP contribution in [0.1, 0.15) is 15.4 Å². The van der Waals surface area contributed by atoms with E-state index < -0.39 is 0 Å². The molecule has 0 spiro atoms. The lowest BCUT2D eigenvalue weighted by molar-refractivity contribution is 0.102. The quantitative estimate of drug-likeness (QED) is 0.700. The van der Waals surface area contributed by atoms with Crippen molar-refractivity contribution in [2.24, 2.45) is 0 Å². The number of hydrogen-bond acceptors (Lipinski definition) is 6. The second kappa shape index (κ2) is 7.02. The van der Waals surface area contributed by atoms with Gasteiger partial charge in [0.1, 0.15) is 16.6 Å². The van der Waals surface area contributed by atoms with Gasteiger partial charge < -0.3 is 4.74 Å². The van der Waals surface area contributed by atoms with Crippen LogP contribution in [0.2, 0.25) is 0 Å². The summed E-state index contributed by atoms with van der Waals surface area (Å²) in [5.74, 6) is -0.00895. The molecule has 0 saturated heterocycles. The minimum absolute atomic E-state index is 0.283. The first-order chi connectivity index (χ1) is 11.5. The van der Waals surface area contributed by atoms with Crippen molar-refractivity contribution in [3.8, 4) is 11.6 Å². The maximum Gasteiger partial charge on any atom is 0.259 e. The standard InChI is InChI=1S/C15H10BrFN4O2S/c1-8-20-21-15(24-8)19-14(22)9-2-5-13(18-7-9)23-12-4-3-10(17)6-11(12)16/h2-7H,1H3,(H,19,21,22). The van der Waals surface area contributed by atoms with Crippen molar-refractivity contribution in [1.82, 2.24) is 15.2 Å². The molecule has 0 fully saturated rings. The van der Waals surface area contributed by atoms with Gasteiger partial charge in [0.25, 0.3) is 5.91 Å². The third kappa shape index (κ3) is 3.92. The summed E-state index contributed by atoms with van der Waals surface area (Å²) in [6.45, 7) is 1.80. The number of pyridine rings is 1. The van der Waals surface area contributed by atoms with Crippen molar-refractivity contribution in [3.05, 3.63) is 57.4 Å². The van der Waals surface area contributed by atoms with Crippen LogP contribution in [-0.2, 0) is 0 Å². The Kier molecular flexibility index (Phi) is 4.81. The fraction of sp³-hybridized carbons (Fsp3) is 0.0667. The van der Waals surface area contributed by atoms with Crippen molar-refractivity contribution in [1.29, 1.82) is 0 Å². The molecule has 3 aromatic rings. The monoisotopic (exact) mass is 408 g/mol. The van der Waals surface area contributed by atoms with Crippen LogP contribution in [0.25, 0.3) is 0 Å². The lowest BCUT2D eigenvalue weighted by atomic mass is 10.2. The molecule has 3 rings (SSSR count). The Balaban J connectivity index is 1.69. The van der Waals surface area contributed by atoms with Gasteiger partial charge in [-0.15, -0.1) is 10.2 Å². The zero-order valence-electron chi connectivity index (χ0n) is 12.3. The van der Waals surface area contributed by atoms with E-state index in [2.05, 4.69) is 36.4 Å². The Labute approximate surface area is 148 Å². The van der Waals surface area contributed by atoms with Crippen LogP contribution in [0.4, 0.5) is 9.52 Å². The first-order valence-electron chi connectivity index (χ1n) is 6.71. The van der Waals surface area contributed by atoms with E-state index in [-0.39, 0.29) is 17.6 Å². The number of halogens is 2. The van der Waals surface area contributed by atoms with E-state index in [4.69, 9.17) is 4.74 Å². The average Bonchev–Trinajstić information content (AvgIpc) is 2.96. The van der Waals surface area contributed by atoms with Crippen LogP contribution < -0.4 is 10.1 Å². The molecule has 0 radical (unpaired) electrons. The number of hydrogen-bond donors (Lipinski definition) is 1. The number of aromatic nitrogens is 3. The summed E-state index contributed by atoms with van der Waals surface area (Å²) < 4.78 is 19.1. The molecule has 1 aromatic carbocycles. The largest absolute Gasteiger partial charge is 0.438 e. The third-order valence-corrected chi connectivity index (χ3v) is 4.23. The number of carbonyl (C=O) groups is 1. The van der Waals surface area contributed by atoms with E-state index in [1.165, 1.54) is 35.7 Å². The summed E-state index contributed by atoms with van der Waals surface area (Å²) in [5, 5.41) is 11.5. The van der Waals surface area contributed by atoms with Gasteiger partial charge in [0.15, 0.2) is 0 Å². The fourth-order valence-corrected chi connectivity index (χ4v) is 2.78. The molecule has 1 N–H and O–H groups in total. The van der Waals surface area contributed by atoms with E-state index in [1.54, 1.807) is 19.1 Å². The van der Waals surface area contributed by atoms with Gasteiger partial charge >= 0.3 is 0 Å². The lowest BCUT2D eigenvalue weighted by Gasteiger charge is -2.07. The number of aryl methyl sites for hydroxylation is 1. The van der Waals surface area contributed by atoms with Crippen molar-refractivity contribution in [2.45, 2.75) is 6.92 Å². The number of anilines is 1. The van der Waals surface area contributed by atoms with Gasteiger partial charge in [0, 0.05) is 12.3 Å². The van der Waals surface area contributed by atoms with Crippen LogP contribution in [0.15, 0.2) is 41.0 Å². The first kappa shape index (κ1) is 16.5. The minimum atomic E-state index is -0.374. The number of rotatable bonds is 4. The number of amides is 1. The molecule has 0 atom stereocenters. The average molecular weight is 409 g/mol. The number of benzene rings is 1. The summed E-state index contributed by atoms with van der Waals surface area (Å²) in [6, 6.07) is 7.19. The Morgan fingerprint density at radius 3 is 2.75 bits per heavy atom. The molecule has 2 aromatic heterocycles. The van der Waals surface area contributed by atoms with Gasteiger partial charge in [-0.1, -0.05) is 11.3 Å². The Hall–Kier alpha value is -2.39. The number of carbonyl (C=O) groups excluding carboxylic acids is 1. The van der Waals surface area contributed by atoms with Crippen molar-refractivity contribution in [2.75, 3.05) is 5.32 Å². The smallest absolute Gasteiger partial charge is 0.259 e. The van der Waals surface area contributed by atoms with Crippen LogP contribution >= 0.6 is 27.3 Å². The molecular formula is C15H10BrFN4O2S.